The molecule has 0 bridgehead atoms. The minimum absolute atomic E-state index is 0.0779. The number of likely N-dealkylation sites (N-methyl/N-ethyl adjacent to an activating group) is 1. The number of ketones is 1. The number of hydrogen-bond acceptors (Lipinski definition) is 3. The maximum absolute atomic E-state index is 13.3. The zero-order valence-corrected chi connectivity index (χ0v) is 21.8. The number of carbonyl (C=O) groups is 1. The fourth-order valence-corrected chi connectivity index (χ4v) is 3.68. The van der Waals surface area contributed by atoms with Crippen molar-refractivity contribution in [3.8, 4) is 11.8 Å². The number of benzene rings is 1. The van der Waals surface area contributed by atoms with Crippen molar-refractivity contribution in [1.29, 1.82) is 0 Å². The van der Waals surface area contributed by atoms with Crippen LogP contribution in [-0.2, 0) is 4.79 Å². The van der Waals surface area contributed by atoms with Gasteiger partial charge in [-0.15, -0.1) is 5.92 Å². The van der Waals surface area contributed by atoms with E-state index in [4.69, 9.17) is 0 Å². The Kier molecular flexibility index (Phi) is 10.6. The van der Waals surface area contributed by atoms with Gasteiger partial charge in [-0.3, -0.25) is 9.78 Å². The van der Waals surface area contributed by atoms with E-state index in [9.17, 15) is 9.18 Å². The van der Waals surface area contributed by atoms with Crippen LogP contribution < -0.4 is 0 Å². The zero-order chi connectivity index (χ0) is 26.0. The highest BCUT2D eigenvalue weighted by molar-refractivity contribution is 5.92. The normalized spacial score (nSPS) is 13.0. The van der Waals surface area contributed by atoms with Gasteiger partial charge in [0.2, 0.25) is 0 Å². The van der Waals surface area contributed by atoms with E-state index < -0.39 is 0 Å². The van der Waals surface area contributed by atoms with Crippen LogP contribution in [0.2, 0.25) is 0 Å². The smallest absolute Gasteiger partial charge is 0.149 e. The molecule has 0 saturated heterocycles. The van der Waals surface area contributed by atoms with Gasteiger partial charge in [0.1, 0.15) is 17.4 Å². The molecule has 1 aromatic heterocycles. The molecule has 0 fully saturated rings. The van der Waals surface area contributed by atoms with E-state index in [1.807, 2.05) is 38.1 Å². The minimum Gasteiger partial charge on any atom is -0.356 e. The maximum atomic E-state index is 13.3. The van der Waals surface area contributed by atoms with Crippen LogP contribution >= 0.6 is 0 Å². The fourth-order valence-electron chi connectivity index (χ4n) is 3.68. The van der Waals surface area contributed by atoms with Gasteiger partial charge in [-0.25, -0.2) is 9.38 Å². The number of halogens is 1. The first-order chi connectivity index (χ1) is 16.6. The highest BCUT2D eigenvalue weighted by Gasteiger charge is 2.14. The lowest BCUT2D eigenvalue weighted by Gasteiger charge is -2.23. The molecule has 0 amide bonds. The summed E-state index contributed by atoms with van der Waals surface area (Å²) < 4.78 is 13.3. The van der Waals surface area contributed by atoms with Gasteiger partial charge < -0.3 is 4.90 Å². The number of aromatic nitrogens is 1. The second-order valence-electron chi connectivity index (χ2n) is 9.10. The van der Waals surface area contributed by atoms with Crippen LogP contribution in [0, 0.1) is 37.4 Å². The van der Waals surface area contributed by atoms with Crippen molar-refractivity contribution in [2.45, 2.75) is 53.9 Å². The quantitative estimate of drug-likeness (QED) is 0.268. The van der Waals surface area contributed by atoms with E-state index in [2.05, 4.69) is 47.5 Å². The molecule has 1 heterocycles. The van der Waals surface area contributed by atoms with Crippen molar-refractivity contribution in [3.05, 3.63) is 77.4 Å². The molecule has 35 heavy (non-hydrogen) atoms. The molecule has 0 spiro atoms. The van der Waals surface area contributed by atoms with Crippen LogP contribution in [0.4, 0.5) is 4.39 Å². The molecule has 1 aromatic carbocycles. The molecule has 1 aliphatic rings. The Balaban J connectivity index is 0.000000266. The third-order valence-electron chi connectivity index (χ3n) is 5.45. The average Bonchev–Trinajstić information content (AvgIpc) is 3.08. The van der Waals surface area contributed by atoms with Crippen LogP contribution in [0.3, 0.4) is 0 Å². The lowest BCUT2D eigenvalue weighted by Crippen LogP contribution is -2.34. The summed E-state index contributed by atoms with van der Waals surface area (Å²) in [7, 11) is 1.84. The van der Waals surface area contributed by atoms with Crippen LogP contribution in [0.1, 0.15) is 62.4 Å². The molecule has 0 N–H and O–H groups in total. The number of hydrogen-bond donors (Lipinski definition) is 0. The largest absolute Gasteiger partial charge is 0.356 e. The molecule has 0 radical (unpaired) electrons. The van der Waals surface area contributed by atoms with Gasteiger partial charge in [-0.05, 0) is 74.2 Å². The molecular weight excluding hydrogens is 437 g/mol. The number of aryl methyl sites for hydroxylation is 2. The Labute approximate surface area is 209 Å². The van der Waals surface area contributed by atoms with Crippen molar-refractivity contribution in [2.75, 3.05) is 13.6 Å². The molecule has 0 atom stereocenters. The van der Waals surface area contributed by atoms with Crippen LogP contribution in [0.25, 0.3) is 11.3 Å². The second kappa shape index (κ2) is 13.4. The molecule has 0 aliphatic heterocycles. The predicted molar refractivity (Wildman–Crippen MR) is 144 cm³/mol. The van der Waals surface area contributed by atoms with Crippen molar-refractivity contribution in [3.63, 3.8) is 0 Å². The van der Waals surface area contributed by atoms with E-state index in [-0.39, 0.29) is 17.5 Å². The number of nitrogens with zero attached hydrogens (tertiary/aromatic N) is 3. The number of amidine groups is 1. The van der Waals surface area contributed by atoms with Gasteiger partial charge in [-0.1, -0.05) is 32.4 Å². The van der Waals surface area contributed by atoms with Gasteiger partial charge in [-0.2, -0.15) is 0 Å². The van der Waals surface area contributed by atoms with Crippen LogP contribution in [0.15, 0.2) is 54.2 Å². The molecule has 1 aliphatic carbocycles. The number of aliphatic imine (C=N–C) groups is 1. The maximum Gasteiger partial charge on any atom is 0.149 e. The summed E-state index contributed by atoms with van der Waals surface area (Å²) in [6, 6.07) is 8.97. The highest BCUT2D eigenvalue weighted by atomic mass is 19.1. The van der Waals surface area contributed by atoms with Gasteiger partial charge in [0.15, 0.2) is 0 Å². The predicted octanol–water partition coefficient (Wildman–Crippen LogP) is 6.64. The Morgan fingerprint density at radius 3 is 2.60 bits per heavy atom. The molecule has 0 saturated carbocycles. The van der Waals surface area contributed by atoms with Crippen molar-refractivity contribution in [1.82, 2.24) is 9.88 Å². The first-order valence-electron chi connectivity index (χ1n) is 11.9. The molecule has 3 rings (SSSR count). The first-order valence-corrected chi connectivity index (χ1v) is 11.9. The minimum atomic E-state index is -0.242. The SMILES string of the molecule is C=C(N=C(C(C)C)N(C)CC(C)=O)c1ccc(F)c(C)c1.Cc1ccnc(C2=CCC#CCC2)c1. The molecule has 0 unspecified atom stereocenters. The monoisotopic (exact) mass is 473 g/mol. The van der Waals surface area contributed by atoms with E-state index >= 15 is 0 Å². The summed E-state index contributed by atoms with van der Waals surface area (Å²) in [6.07, 6.45) is 6.93. The molecule has 5 heteroatoms. The van der Waals surface area contributed by atoms with Crippen molar-refractivity contribution >= 4 is 22.9 Å². The summed E-state index contributed by atoms with van der Waals surface area (Å²) in [5.74, 6) is 7.02. The van der Waals surface area contributed by atoms with Gasteiger partial charge >= 0.3 is 0 Å². The van der Waals surface area contributed by atoms with Crippen molar-refractivity contribution < 1.29 is 9.18 Å². The lowest BCUT2D eigenvalue weighted by molar-refractivity contribution is -0.117. The number of rotatable bonds is 6. The number of carbonyl (C=O) groups excluding carboxylic acids is 1. The molecule has 184 valence electrons. The van der Waals surface area contributed by atoms with Crippen LogP contribution in [0.5, 0.6) is 0 Å². The zero-order valence-electron chi connectivity index (χ0n) is 21.8. The first kappa shape index (κ1) is 27.7. The van der Waals surface area contributed by atoms with Gasteiger partial charge in [0, 0.05) is 37.6 Å². The summed E-state index contributed by atoms with van der Waals surface area (Å²) in [6.45, 7) is 13.6. The summed E-state index contributed by atoms with van der Waals surface area (Å²) in [5, 5.41) is 0. The lowest BCUT2D eigenvalue weighted by atomic mass is 10.1. The van der Waals surface area contributed by atoms with Gasteiger partial charge in [0.25, 0.3) is 0 Å². The molecular formula is C30H36FN3O. The Morgan fingerprint density at radius 1 is 1.23 bits per heavy atom. The third kappa shape index (κ3) is 8.98. The average molecular weight is 474 g/mol. The van der Waals surface area contributed by atoms with Crippen molar-refractivity contribution in [2.24, 2.45) is 10.9 Å². The standard InChI is InChI=1S/C17H23FN2O.C13H13N/c1-11(2)17(20(6)10-13(4)21)19-14(5)15-7-8-16(18)12(3)9-15;1-11-8-9-14-13(10-11)12-6-4-2-3-5-7-12/h7-9,11H,5,10H2,1-4,6H3;6,8-10H,4-5,7H2,1H3. The summed E-state index contributed by atoms with van der Waals surface area (Å²) in [4.78, 5) is 22.0. The molecule has 2 aromatic rings. The summed E-state index contributed by atoms with van der Waals surface area (Å²) >= 11 is 0. The van der Waals surface area contributed by atoms with E-state index in [0.717, 1.165) is 36.4 Å². The van der Waals surface area contributed by atoms with E-state index in [0.29, 0.717) is 17.8 Å². The van der Waals surface area contributed by atoms with Crippen LogP contribution in [-0.4, -0.2) is 35.1 Å². The third-order valence-corrected chi connectivity index (χ3v) is 5.45. The van der Waals surface area contributed by atoms with E-state index in [1.54, 1.807) is 26.0 Å². The Morgan fingerprint density at radius 2 is 1.97 bits per heavy atom. The topological polar surface area (TPSA) is 45.6 Å². The Bertz CT molecular complexity index is 1180. The second-order valence-corrected chi connectivity index (χ2v) is 9.10. The Hall–Kier alpha value is -3.52. The molecule has 4 nitrogen and oxygen atoms in total. The van der Waals surface area contributed by atoms with E-state index in [1.165, 1.54) is 17.2 Å². The van der Waals surface area contributed by atoms with Gasteiger partial charge in [0.05, 0.1) is 17.9 Å². The number of pyridine rings is 1. The number of Topliss-reactive ketones (excluding diaryl/α,β-unsaturated/α-hetero) is 1. The highest BCUT2D eigenvalue weighted by Crippen LogP contribution is 2.21. The summed E-state index contributed by atoms with van der Waals surface area (Å²) in [5.41, 5.74) is 5.61. The number of allylic oxidation sites excluding steroid dienone is 2. The fraction of sp³-hybridized carbons (Fsp3) is 0.367.